The van der Waals surface area contributed by atoms with Crippen LogP contribution in [0, 0.1) is 16.7 Å². The van der Waals surface area contributed by atoms with Gasteiger partial charge >= 0.3 is 11.9 Å². The molecule has 0 fully saturated rings. The molecule has 0 spiro atoms. The molecule has 0 bridgehead atoms. The Morgan fingerprint density at radius 3 is 2.03 bits per heavy atom. The zero-order chi connectivity index (χ0) is 26.1. The van der Waals surface area contributed by atoms with Gasteiger partial charge in [-0.1, -0.05) is 20.8 Å². The zero-order valence-corrected chi connectivity index (χ0v) is 22.2. The number of rotatable bonds is 15. The standard InChI is InChI=1S/C22H42N2O8S/c1-9-22(6,20(27)32-14-11-24(7,8)12-15-33(28,29)30)16-21(4,5)19(26)31-13-10-23-18(25)17(2)3/h17H,9-16H2,1-8H3,(H-,23,25,28,29,30). The SMILES string of the molecule is CCC(C)(CC(C)(C)C(=O)OCCNC(=O)C(C)C)C(=O)OCC[N+](C)(C)CCS(=O)(=O)[O-]. The van der Waals surface area contributed by atoms with E-state index >= 15 is 0 Å². The van der Waals surface area contributed by atoms with Gasteiger partial charge in [-0.25, -0.2) is 8.42 Å². The number of hydrogen-bond donors (Lipinski definition) is 1. The summed E-state index contributed by atoms with van der Waals surface area (Å²) in [7, 11) is -0.807. The Labute approximate surface area is 198 Å². The molecule has 0 aromatic carbocycles. The van der Waals surface area contributed by atoms with Crippen LogP contribution in [0.25, 0.3) is 0 Å². The van der Waals surface area contributed by atoms with Crippen molar-refractivity contribution < 1.29 is 41.3 Å². The van der Waals surface area contributed by atoms with E-state index in [9.17, 15) is 27.4 Å². The summed E-state index contributed by atoms with van der Waals surface area (Å²) in [5.41, 5.74) is -1.88. The Bertz CT molecular complexity index is 777. The Kier molecular flexibility index (Phi) is 12.0. The van der Waals surface area contributed by atoms with E-state index in [2.05, 4.69) is 5.32 Å². The highest BCUT2D eigenvalue weighted by molar-refractivity contribution is 7.85. The third-order valence-corrected chi connectivity index (χ3v) is 6.38. The number of quaternary nitrogens is 1. The van der Waals surface area contributed by atoms with Gasteiger partial charge in [-0.3, -0.25) is 14.4 Å². The van der Waals surface area contributed by atoms with Crippen molar-refractivity contribution in [2.45, 2.75) is 54.4 Å². The molecule has 1 atom stereocenters. The maximum atomic E-state index is 12.8. The number of amides is 1. The van der Waals surface area contributed by atoms with Crippen molar-refractivity contribution in [3.8, 4) is 0 Å². The van der Waals surface area contributed by atoms with Gasteiger partial charge in [-0.15, -0.1) is 0 Å². The summed E-state index contributed by atoms with van der Waals surface area (Å²) in [6, 6.07) is 0. The molecule has 0 radical (unpaired) electrons. The lowest BCUT2D eigenvalue weighted by atomic mass is 9.72. The molecular formula is C22H42N2O8S. The van der Waals surface area contributed by atoms with Crippen LogP contribution in [0.2, 0.25) is 0 Å². The van der Waals surface area contributed by atoms with E-state index in [4.69, 9.17) is 9.47 Å². The van der Waals surface area contributed by atoms with Crippen molar-refractivity contribution in [2.24, 2.45) is 16.7 Å². The largest absolute Gasteiger partial charge is 0.748 e. The molecule has 0 aromatic rings. The number of likely N-dealkylation sites (N-methyl/N-ethyl adjacent to an activating group) is 1. The van der Waals surface area contributed by atoms with Gasteiger partial charge in [0.2, 0.25) is 5.91 Å². The first-order chi connectivity index (χ1) is 14.9. The Morgan fingerprint density at radius 1 is 1.00 bits per heavy atom. The molecule has 10 nitrogen and oxygen atoms in total. The van der Waals surface area contributed by atoms with Gasteiger partial charge in [0.1, 0.15) is 29.9 Å². The number of carbonyl (C=O) groups excluding carboxylic acids is 3. The number of nitrogens with zero attached hydrogens (tertiary/aromatic N) is 1. The normalized spacial score (nSPS) is 14.5. The molecule has 0 saturated heterocycles. The number of esters is 2. The highest BCUT2D eigenvalue weighted by Gasteiger charge is 2.43. The minimum atomic E-state index is -4.31. The summed E-state index contributed by atoms with van der Waals surface area (Å²) in [5.74, 6) is -1.68. The van der Waals surface area contributed by atoms with Gasteiger partial charge in [-0.2, -0.15) is 0 Å². The van der Waals surface area contributed by atoms with E-state index in [-0.39, 0.29) is 49.0 Å². The number of hydrogen-bond acceptors (Lipinski definition) is 8. The summed E-state index contributed by atoms with van der Waals surface area (Å²) in [4.78, 5) is 37.0. The summed E-state index contributed by atoms with van der Waals surface area (Å²) in [6.07, 6.45) is 0.652. The smallest absolute Gasteiger partial charge is 0.312 e. The van der Waals surface area contributed by atoms with E-state index in [1.54, 1.807) is 48.7 Å². The maximum absolute atomic E-state index is 12.8. The molecule has 11 heteroatoms. The Balaban J connectivity index is 4.79. The monoisotopic (exact) mass is 494 g/mol. The second kappa shape index (κ2) is 12.7. The van der Waals surface area contributed by atoms with Gasteiger partial charge < -0.3 is 23.8 Å². The average molecular weight is 495 g/mol. The van der Waals surface area contributed by atoms with Gasteiger partial charge in [0.05, 0.1) is 43.8 Å². The lowest BCUT2D eigenvalue weighted by Gasteiger charge is -2.34. The van der Waals surface area contributed by atoms with Gasteiger partial charge in [0.25, 0.3) is 0 Å². The van der Waals surface area contributed by atoms with Gasteiger partial charge in [0.15, 0.2) is 0 Å². The molecule has 1 unspecified atom stereocenters. The molecule has 0 aliphatic heterocycles. The van der Waals surface area contributed by atoms with Crippen LogP contribution in [0.15, 0.2) is 0 Å². The van der Waals surface area contributed by atoms with Crippen LogP contribution in [-0.2, 0) is 34.0 Å². The first-order valence-electron chi connectivity index (χ1n) is 11.2. The maximum Gasteiger partial charge on any atom is 0.312 e. The molecule has 194 valence electrons. The van der Waals surface area contributed by atoms with Crippen molar-refractivity contribution in [3.05, 3.63) is 0 Å². The first-order valence-corrected chi connectivity index (χ1v) is 12.8. The van der Waals surface area contributed by atoms with Crippen molar-refractivity contribution >= 4 is 28.0 Å². The van der Waals surface area contributed by atoms with Gasteiger partial charge in [-0.05, 0) is 33.6 Å². The minimum absolute atomic E-state index is 0.0418. The molecule has 33 heavy (non-hydrogen) atoms. The summed E-state index contributed by atoms with van der Waals surface area (Å²) < 4.78 is 43.5. The van der Waals surface area contributed by atoms with Crippen LogP contribution in [0.3, 0.4) is 0 Å². The molecule has 0 aliphatic rings. The van der Waals surface area contributed by atoms with E-state index in [0.29, 0.717) is 13.0 Å². The third kappa shape index (κ3) is 12.4. The second-order valence-electron chi connectivity index (χ2n) is 10.3. The predicted octanol–water partition coefficient (Wildman–Crippen LogP) is 1.30. The fourth-order valence-corrected chi connectivity index (χ4v) is 3.85. The lowest BCUT2D eigenvalue weighted by Crippen LogP contribution is -2.46. The highest BCUT2D eigenvalue weighted by atomic mass is 32.2. The fraction of sp³-hybridized carbons (Fsp3) is 0.864. The van der Waals surface area contributed by atoms with Crippen molar-refractivity contribution in [2.75, 3.05) is 52.7 Å². The van der Waals surface area contributed by atoms with Crippen molar-refractivity contribution in [1.82, 2.24) is 5.32 Å². The average Bonchev–Trinajstić information content (AvgIpc) is 2.68. The van der Waals surface area contributed by atoms with Crippen LogP contribution in [-0.4, -0.2) is 88.0 Å². The van der Waals surface area contributed by atoms with E-state index in [1.807, 2.05) is 6.92 Å². The lowest BCUT2D eigenvalue weighted by molar-refractivity contribution is -0.888. The molecule has 0 aliphatic carbocycles. The van der Waals surface area contributed by atoms with E-state index in [0.717, 1.165) is 0 Å². The third-order valence-electron chi connectivity index (χ3n) is 5.69. The molecule has 1 N–H and O–H groups in total. The molecule has 0 aromatic heterocycles. The van der Waals surface area contributed by atoms with E-state index < -0.39 is 38.6 Å². The molecule has 0 heterocycles. The van der Waals surface area contributed by atoms with Crippen molar-refractivity contribution in [1.29, 1.82) is 0 Å². The van der Waals surface area contributed by atoms with Gasteiger partial charge in [0, 0.05) is 5.92 Å². The fourth-order valence-electron chi connectivity index (χ4n) is 3.14. The second-order valence-corrected chi connectivity index (χ2v) is 11.9. The predicted molar refractivity (Wildman–Crippen MR) is 123 cm³/mol. The number of nitrogens with one attached hydrogen (secondary N) is 1. The number of ether oxygens (including phenoxy) is 2. The van der Waals surface area contributed by atoms with Crippen LogP contribution in [0.1, 0.15) is 54.4 Å². The van der Waals surface area contributed by atoms with Crippen LogP contribution in [0.4, 0.5) is 0 Å². The van der Waals surface area contributed by atoms with Crippen LogP contribution >= 0.6 is 0 Å². The number of carbonyl (C=O) groups is 3. The molecule has 0 saturated carbocycles. The highest BCUT2D eigenvalue weighted by Crippen LogP contribution is 2.38. The summed E-state index contributed by atoms with van der Waals surface area (Å²) in [6.45, 7) is 11.3. The summed E-state index contributed by atoms with van der Waals surface area (Å²) in [5, 5.41) is 2.68. The first kappa shape index (κ1) is 31.3. The van der Waals surface area contributed by atoms with Crippen LogP contribution in [0.5, 0.6) is 0 Å². The molecule has 0 rings (SSSR count). The quantitative estimate of drug-likeness (QED) is 0.156. The Morgan fingerprint density at radius 2 is 1.55 bits per heavy atom. The van der Waals surface area contributed by atoms with E-state index in [1.165, 1.54) is 0 Å². The Hall–Kier alpha value is -1.72. The summed E-state index contributed by atoms with van der Waals surface area (Å²) >= 11 is 0. The van der Waals surface area contributed by atoms with Crippen molar-refractivity contribution in [3.63, 3.8) is 0 Å². The zero-order valence-electron chi connectivity index (χ0n) is 21.4. The van der Waals surface area contributed by atoms with Crippen LogP contribution < -0.4 is 5.32 Å². The molecular weight excluding hydrogens is 452 g/mol. The topological polar surface area (TPSA) is 139 Å². The molecule has 1 amide bonds. The minimum Gasteiger partial charge on any atom is -0.748 e.